The minimum atomic E-state index is -0.183. The van der Waals surface area contributed by atoms with E-state index < -0.39 is 0 Å². The SMILES string of the molecule is CCNc1ncc(C)c(NC(C)(C)CCO)n1. The average Bonchev–Trinajstić information content (AvgIpc) is 2.23. The summed E-state index contributed by atoms with van der Waals surface area (Å²) in [7, 11) is 0. The maximum Gasteiger partial charge on any atom is 0.224 e. The van der Waals surface area contributed by atoms with E-state index in [4.69, 9.17) is 5.11 Å². The van der Waals surface area contributed by atoms with Gasteiger partial charge < -0.3 is 15.7 Å². The van der Waals surface area contributed by atoms with Crippen molar-refractivity contribution in [3.05, 3.63) is 11.8 Å². The number of aryl methyl sites for hydroxylation is 1. The first-order valence-electron chi connectivity index (χ1n) is 5.95. The van der Waals surface area contributed by atoms with Crippen molar-refractivity contribution in [1.82, 2.24) is 9.97 Å². The van der Waals surface area contributed by atoms with Gasteiger partial charge in [0, 0.05) is 30.5 Å². The first-order chi connectivity index (χ1) is 7.98. The van der Waals surface area contributed by atoms with Gasteiger partial charge in [0.1, 0.15) is 5.82 Å². The summed E-state index contributed by atoms with van der Waals surface area (Å²) in [5, 5.41) is 15.4. The molecule has 0 saturated carbocycles. The fraction of sp³-hybridized carbons (Fsp3) is 0.667. The molecule has 1 heterocycles. The van der Waals surface area contributed by atoms with E-state index in [0.29, 0.717) is 12.4 Å². The Morgan fingerprint density at radius 3 is 2.71 bits per heavy atom. The molecule has 1 rings (SSSR count). The highest BCUT2D eigenvalue weighted by molar-refractivity contribution is 5.48. The molecule has 17 heavy (non-hydrogen) atoms. The van der Waals surface area contributed by atoms with Crippen LogP contribution in [0.2, 0.25) is 0 Å². The fourth-order valence-electron chi connectivity index (χ4n) is 1.47. The molecule has 0 aliphatic rings. The lowest BCUT2D eigenvalue weighted by atomic mass is 10.0. The smallest absolute Gasteiger partial charge is 0.224 e. The Bertz CT molecular complexity index is 366. The molecular weight excluding hydrogens is 216 g/mol. The third-order valence-corrected chi connectivity index (χ3v) is 2.50. The minimum Gasteiger partial charge on any atom is -0.396 e. The van der Waals surface area contributed by atoms with Crippen LogP contribution in [0.15, 0.2) is 6.20 Å². The van der Waals surface area contributed by atoms with Crippen molar-refractivity contribution in [1.29, 1.82) is 0 Å². The molecule has 0 radical (unpaired) electrons. The second-order valence-corrected chi connectivity index (χ2v) is 4.74. The summed E-state index contributed by atoms with van der Waals surface area (Å²) in [5.74, 6) is 1.44. The lowest BCUT2D eigenvalue weighted by molar-refractivity contribution is 0.260. The van der Waals surface area contributed by atoms with Crippen molar-refractivity contribution >= 4 is 11.8 Å². The minimum absolute atomic E-state index is 0.157. The number of aliphatic hydroxyl groups is 1. The Balaban J connectivity index is 2.85. The second kappa shape index (κ2) is 5.82. The van der Waals surface area contributed by atoms with E-state index in [0.717, 1.165) is 17.9 Å². The molecule has 0 saturated heterocycles. The van der Waals surface area contributed by atoms with Crippen molar-refractivity contribution in [3.8, 4) is 0 Å². The summed E-state index contributed by atoms with van der Waals surface area (Å²) < 4.78 is 0. The van der Waals surface area contributed by atoms with Crippen molar-refractivity contribution in [3.63, 3.8) is 0 Å². The van der Waals surface area contributed by atoms with Crippen LogP contribution in [0.3, 0.4) is 0 Å². The highest BCUT2D eigenvalue weighted by Gasteiger charge is 2.18. The van der Waals surface area contributed by atoms with Crippen LogP contribution in [0.4, 0.5) is 11.8 Å². The molecule has 1 aromatic heterocycles. The summed E-state index contributed by atoms with van der Waals surface area (Å²) in [6.45, 7) is 9.00. The van der Waals surface area contributed by atoms with Crippen LogP contribution in [-0.2, 0) is 0 Å². The van der Waals surface area contributed by atoms with Gasteiger partial charge in [-0.1, -0.05) is 0 Å². The van der Waals surface area contributed by atoms with E-state index in [1.165, 1.54) is 0 Å². The number of hydrogen-bond donors (Lipinski definition) is 3. The molecule has 5 heteroatoms. The van der Waals surface area contributed by atoms with Crippen LogP contribution in [0.1, 0.15) is 32.8 Å². The number of aliphatic hydroxyl groups excluding tert-OH is 1. The van der Waals surface area contributed by atoms with Gasteiger partial charge >= 0.3 is 0 Å². The number of nitrogens with zero attached hydrogens (tertiary/aromatic N) is 2. The number of hydrogen-bond acceptors (Lipinski definition) is 5. The van der Waals surface area contributed by atoms with Gasteiger partial charge in [-0.05, 0) is 34.1 Å². The Kier molecular flexibility index (Phi) is 4.69. The standard InChI is InChI=1S/C12H22N4O/c1-5-13-11-14-8-9(2)10(15-11)16-12(3,4)6-7-17/h8,17H,5-7H2,1-4H3,(H2,13,14,15,16). The molecule has 1 aromatic rings. The molecule has 0 fully saturated rings. The second-order valence-electron chi connectivity index (χ2n) is 4.74. The van der Waals surface area contributed by atoms with Crippen molar-refractivity contribution < 1.29 is 5.11 Å². The third-order valence-electron chi connectivity index (χ3n) is 2.50. The first-order valence-corrected chi connectivity index (χ1v) is 5.95. The molecule has 0 aromatic carbocycles. The average molecular weight is 238 g/mol. The van der Waals surface area contributed by atoms with Crippen molar-refractivity contribution in [2.75, 3.05) is 23.8 Å². The summed E-state index contributed by atoms with van der Waals surface area (Å²) in [5.41, 5.74) is 0.815. The van der Waals surface area contributed by atoms with Crippen LogP contribution in [0.5, 0.6) is 0 Å². The van der Waals surface area contributed by atoms with E-state index in [-0.39, 0.29) is 12.1 Å². The van der Waals surface area contributed by atoms with E-state index >= 15 is 0 Å². The Labute approximate surface area is 103 Å². The van der Waals surface area contributed by atoms with E-state index in [9.17, 15) is 0 Å². The molecule has 0 spiro atoms. The number of aromatic nitrogens is 2. The van der Waals surface area contributed by atoms with Gasteiger partial charge in [-0.15, -0.1) is 0 Å². The largest absolute Gasteiger partial charge is 0.396 e. The molecule has 0 bridgehead atoms. The van der Waals surface area contributed by atoms with Gasteiger partial charge in [-0.2, -0.15) is 4.98 Å². The van der Waals surface area contributed by atoms with Gasteiger partial charge in [0.25, 0.3) is 0 Å². The fourth-order valence-corrected chi connectivity index (χ4v) is 1.47. The monoisotopic (exact) mass is 238 g/mol. The lowest BCUT2D eigenvalue weighted by Crippen LogP contribution is -2.32. The van der Waals surface area contributed by atoms with E-state index in [1.807, 2.05) is 27.7 Å². The van der Waals surface area contributed by atoms with Crippen LogP contribution >= 0.6 is 0 Å². The van der Waals surface area contributed by atoms with Gasteiger partial charge in [0.2, 0.25) is 5.95 Å². The van der Waals surface area contributed by atoms with Crippen molar-refractivity contribution in [2.45, 2.75) is 39.7 Å². The normalized spacial score (nSPS) is 11.4. The number of nitrogens with one attached hydrogen (secondary N) is 2. The van der Waals surface area contributed by atoms with Crippen LogP contribution in [0, 0.1) is 6.92 Å². The van der Waals surface area contributed by atoms with Gasteiger partial charge in [0.05, 0.1) is 0 Å². The third kappa shape index (κ3) is 4.19. The highest BCUT2D eigenvalue weighted by Crippen LogP contribution is 2.19. The lowest BCUT2D eigenvalue weighted by Gasteiger charge is -2.27. The Morgan fingerprint density at radius 1 is 1.41 bits per heavy atom. The highest BCUT2D eigenvalue weighted by atomic mass is 16.3. The molecule has 3 N–H and O–H groups in total. The van der Waals surface area contributed by atoms with Crippen LogP contribution in [-0.4, -0.2) is 33.8 Å². The molecule has 96 valence electrons. The molecule has 5 nitrogen and oxygen atoms in total. The predicted molar refractivity (Wildman–Crippen MR) is 70.3 cm³/mol. The zero-order chi connectivity index (χ0) is 12.9. The number of anilines is 2. The van der Waals surface area contributed by atoms with Gasteiger partial charge in [-0.3, -0.25) is 0 Å². The molecular formula is C12H22N4O. The first kappa shape index (κ1) is 13.7. The summed E-state index contributed by atoms with van der Waals surface area (Å²) in [6.07, 6.45) is 2.47. The quantitative estimate of drug-likeness (QED) is 0.705. The molecule has 0 amide bonds. The number of rotatable bonds is 6. The topological polar surface area (TPSA) is 70.1 Å². The van der Waals surface area contributed by atoms with Crippen molar-refractivity contribution in [2.24, 2.45) is 0 Å². The zero-order valence-corrected chi connectivity index (χ0v) is 11.0. The Morgan fingerprint density at radius 2 is 2.12 bits per heavy atom. The van der Waals surface area contributed by atoms with Gasteiger partial charge in [0.15, 0.2) is 0 Å². The molecule has 0 aliphatic heterocycles. The van der Waals surface area contributed by atoms with E-state index in [1.54, 1.807) is 6.20 Å². The Hall–Kier alpha value is -1.36. The molecule has 0 unspecified atom stereocenters. The van der Waals surface area contributed by atoms with Crippen LogP contribution in [0.25, 0.3) is 0 Å². The summed E-state index contributed by atoms with van der Waals surface area (Å²) >= 11 is 0. The van der Waals surface area contributed by atoms with Crippen LogP contribution < -0.4 is 10.6 Å². The van der Waals surface area contributed by atoms with E-state index in [2.05, 4.69) is 20.6 Å². The maximum atomic E-state index is 9.00. The molecule has 0 atom stereocenters. The zero-order valence-electron chi connectivity index (χ0n) is 11.0. The predicted octanol–water partition coefficient (Wildman–Crippen LogP) is 1.79. The molecule has 0 aliphatic carbocycles. The summed E-state index contributed by atoms with van der Waals surface area (Å²) in [6, 6.07) is 0. The maximum absolute atomic E-state index is 9.00. The summed E-state index contributed by atoms with van der Waals surface area (Å²) in [4.78, 5) is 8.61. The van der Waals surface area contributed by atoms with Gasteiger partial charge in [-0.25, -0.2) is 4.98 Å².